The zero-order valence-electron chi connectivity index (χ0n) is 13.9. The lowest BCUT2D eigenvalue weighted by Crippen LogP contribution is -2.20. The molecule has 124 valence electrons. The second-order valence-corrected chi connectivity index (χ2v) is 7.15. The number of aromatic nitrogens is 2. The highest BCUT2D eigenvalue weighted by Crippen LogP contribution is 2.12. The van der Waals surface area contributed by atoms with E-state index < -0.39 is 10.0 Å². The van der Waals surface area contributed by atoms with E-state index in [1.165, 1.54) is 0 Å². The number of nitrogens with zero attached hydrogens (tertiary/aromatic N) is 3. The summed E-state index contributed by atoms with van der Waals surface area (Å²) in [7, 11) is -1.85. The molecular weight excluding hydrogens is 312 g/mol. The van der Waals surface area contributed by atoms with Crippen molar-refractivity contribution >= 4 is 15.7 Å². The Morgan fingerprint density at radius 1 is 1.30 bits per heavy atom. The average molecular weight is 334 g/mol. The molecule has 0 fully saturated rings. The number of nitrogens with one attached hydrogen (secondary N) is 1. The zero-order valence-corrected chi connectivity index (χ0v) is 14.7. The van der Waals surface area contributed by atoms with Gasteiger partial charge in [-0.15, -0.1) is 0 Å². The Hall–Kier alpha value is -2.15. The van der Waals surface area contributed by atoms with Crippen molar-refractivity contribution in [3.05, 3.63) is 47.3 Å². The van der Waals surface area contributed by atoms with Gasteiger partial charge in [-0.05, 0) is 38.0 Å². The molecule has 0 aliphatic carbocycles. The third kappa shape index (κ3) is 4.19. The lowest BCUT2D eigenvalue weighted by molar-refractivity contribution is 0.584. The molecule has 0 radical (unpaired) electrons. The maximum atomic E-state index is 12.3. The largest absolute Gasteiger partial charge is 0.276 e. The first kappa shape index (κ1) is 17.2. The lowest BCUT2D eigenvalue weighted by Gasteiger charge is -2.06. The maximum absolute atomic E-state index is 12.3. The number of rotatable bonds is 6. The molecule has 1 heterocycles. The molecule has 1 aromatic heterocycles. The normalized spacial score (nSPS) is 12.4. The van der Waals surface area contributed by atoms with Crippen molar-refractivity contribution in [2.24, 2.45) is 12.1 Å². The van der Waals surface area contributed by atoms with Crippen LogP contribution in [-0.2, 0) is 23.5 Å². The number of benzene rings is 1. The number of aryl methyl sites for hydroxylation is 3. The van der Waals surface area contributed by atoms with Gasteiger partial charge >= 0.3 is 0 Å². The highest BCUT2D eigenvalue weighted by atomic mass is 32.2. The highest BCUT2D eigenvalue weighted by molar-refractivity contribution is 7.89. The van der Waals surface area contributed by atoms with E-state index in [1.807, 2.05) is 32.3 Å². The van der Waals surface area contributed by atoms with E-state index in [0.717, 1.165) is 29.7 Å². The Balaban J connectivity index is 2.17. The standard InChI is InChI=1S/C16H22N4O2S/c1-5-6-14-7-9-15(10-8-14)23(21,22)19-17-12(2)16-11-20(4)18-13(16)3/h7-11,19H,5-6H2,1-4H3/b17-12-. The summed E-state index contributed by atoms with van der Waals surface area (Å²) in [6.07, 6.45) is 3.77. The minimum atomic E-state index is -3.67. The predicted molar refractivity (Wildman–Crippen MR) is 90.9 cm³/mol. The van der Waals surface area contributed by atoms with Crippen molar-refractivity contribution < 1.29 is 8.42 Å². The van der Waals surface area contributed by atoms with E-state index in [2.05, 4.69) is 22.0 Å². The van der Waals surface area contributed by atoms with Gasteiger partial charge in [-0.25, -0.2) is 0 Å². The van der Waals surface area contributed by atoms with E-state index in [-0.39, 0.29) is 4.90 Å². The Morgan fingerprint density at radius 2 is 1.96 bits per heavy atom. The van der Waals surface area contributed by atoms with Crippen molar-refractivity contribution in [1.82, 2.24) is 14.6 Å². The van der Waals surface area contributed by atoms with Crippen LogP contribution in [-0.4, -0.2) is 23.9 Å². The fourth-order valence-electron chi connectivity index (χ4n) is 2.32. The van der Waals surface area contributed by atoms with Crippen LogP contribution in [0.3, 0.4) is 0 Å². The van der Waals surface area contributed by atoms with Crippen LogP contribution < -0.4 is 4.83 Å². The van der Waals surface area contributed by atoms with Gasteiger partial charge in [0, 0.05) is 18.8 Å². The van der Waals surface area contributed by atoms with Crippen LogP contribution in [0.15, 0.2) is 40.5 Å². The summed E-state index contributed by atoms with van der Waals surface area (Å²) >= 11 is 0. The van der Waals surface area contributed by atoms with Gasteiger partial charge in [0.25, 0.3) is 10.0 Å². The van der Waals surface area contributed by atoms with Crippen LogP contribution in [0.2, 0.25) is 0 Å². The molecule has 0 aliphatic heterocycles. The number of sulfonamides is 1. The first-order chi connectivity index (χ1) is 10.8. The van der Waals surface area contributed by atoms with Crippen LogP contribution in [0, 0.1) is 6.92 Å². The Kier molecular flexibility index (Phi) is 5.20. The molecule has 23 heavy (non-hydrogen) atoms. The Labute approximate surface area is 137 Å². The molecule has 2 aromatic rings. The van der Waals surface area contributed by atoms with E-state index in [4.69, 9.17) is 0 Å². The monoisotopic (exact) mass is 334 g/mol. The van der Waals surface area contributed by atoms with Gasteiger partial charge in [0.2, 0.25) is 0 Å². The minimum absolute atomic E-state index is 0.205. The van der Waals surface area contributed by atoms with Crippen LogP contribution in [0.1, 0.15) is 37.1 Å². The first-order valence-electron chi connectivity index (χ1n) is 7.49. The maximum Gasteiger partial charge on any atom is 0.276 e. The van der Waals surface area contributed by atoms with Crippen molar-refractivity contribution in [1.29, 1.82) is 0 Å². The van der Waals surface area contributed by atoms with Gasteiger partial charge in [-0.2, -0.15) is 23.4 Å². The highest BCUT2D eigenvalue weighted by Gasteiger charge is 2.14. The molecule has 0 bridgehead atoms. The number of hydrogen-bond acceptors (Lipinski definition) is 4. The molecular formula is C16H22N4O2S. The van der Waals surface area contributed by atoms with Gasteiger partial charge in [-0.1, -0.05) is 25.5 Å². The van der Waals surface area contributed by atoms with E-state index in [9.17, 15) is 8.42 Å². The topological polar surface area (TPSA) is 76.3 Å². The van der Waals surface area contributed by atoms with Crippen molar-refractivity contribution in [3.8, 4) is 0 Å². The van der Waals surface area contributed by atoms with E-state index in [0.29, 0.717) is 5.71 Å². The first-order valence-corrected chi connectivity index (χ1v) is 8.97. The molecule has 1 N–H and O–H groups in total. The smallest absolute Gasteiger partial charge is 0.275 e. The molecule has 0 saturated heterocycles. The molecule has 7 heteroatoms. The molecule has 0 saturated carbocycles. The summed E-state index contributed by atoms with van der Waals surface area (Å²) in [4.78, 5) is 2.49. The minimum Gasteiger partial charge on any atom is -0.275 e. The molecule has 0 spiro atoms. The van der Waals surface area contributed by atoms with Crippen LogP contribution >= 0.6 is 0 Å². The van der Waals surface area contributed by atoms with Gasteiger partial charge in [0.1, 0.15) is 0 Å². The summed E-state index contributed by atoms with van der Waals surface area (Å²) in [5, 5.41) is 8.22. The molecule has 0 unspecified atom stereocenters. The van der Waals surface area contributed by atoms with E-state index >= 15 is 0 Å². The summed E-state index contributed by atoms with van der Waals surface area (Å²) in [6, 6.07) is 6.88. The summed E-state index contributed by atoms with van der Waals surface area (Å²) in [5.41, 5.74) is 3.31. The summed E-state index contributed by atoms with van der Waals surface area (Å²) in [5.74, 6) is 0. The quantitative estimate of drug-likeness (QED) is 0.651. The SMILES string of the molecule is CCCc1ccc(S(=O)(=O)N/N=C(/C)c2cn(C)nc2C)cc1. The predicted octanol–water partition coefficient (Wildman–Crippen LogP) is 2.38. The van der Waals surface area contributed by atoms with Gasteiger partial charge < -0.3 is 0 Å². The molecule has 1 aromatic carbocycles. The summed E-state index contributed by atoms with van der Waals surface area (Å²) < 4.78 is 26.2. The van der Waals surface area contributed by atoms with Gasteiger partial charge in [0.05, 0.1) is 16.3 Å². The van der Waals surface area contributed by atoms with Crippen LogP contribution in [0.25, 0.3) is 0 Å². The Bertz CT molecular complexity index is 805. The molecule has 0 aliphatic rings. The van der Waals surface area contributed by atoms with Crippen molar-refractivity contribution in [2.75, 3.05) is 0 Å². The van der Waals surface area contributed by atoms with Crippen molar-refractivity contribution in [3.63, 3.8) is 0 Å². The lowest BCUT2D eigenvalue weighted by atomic mass is 10.1. The van der Waals surface area contributed by atoms with Crippen LogP contribution in [0.5, 0.6) is 0 Å². The second-order valence-electron chi connectivity index (χ2n) is 5.49. The number of hydrazone groups is 1. The fraction of sp³-hybridized carbons (Fsp3) is 0.375. The van der Waals surface area contributed by atoms with Gasteiger partial charge in [-0.3, -0.25) is 4.68 Å². The van der Waals surface area contributed by atoms with Gasteiger partial charge in [0.15, 0.2) is 0 Å². The fourth-order valence-corrected chi connectivity index (χ4v) is 3.18. The van der Waals surface area contributed by atoms with E-state index in [1.54, 1.807) is 23.7 Å². The summed E-state index contributed by atoms with van der Waals surface area (Å²) in [6.45, 7) is 5.69. The third-order valence-corrected chi connectivity index (χ3v) is 4.73. The van der Waals surface area contributed by atoms with Crippen molar-refractivity contribution in [2.45, 2.75) is 38.5 Å². The number of hydrogen-bond donors (Lipinski definition) is 1. The second kappa shape index (κ2) is 6.95. The zero-order chi connectivity index (χ0) is 17.0. The molecule has 0 amide bonds. The molecule has 2 rings (SSSR count). The average Bonchev–Trinajstić information content (AvgIpc) is 2.84. The molecule has 0 atom stereocenters. The molecule has 6 nitrogen and oxygen atoms in total. The third-order valence-electron chi connectivity index (χ3n) is 3.51. The van der Waals surface area contributed by atoms with Crippen LogP contribution in [0.4, 0.5) is 0 Å². The Morgan fingerprint density at radius 3 is 2.48 bits per heavy atom.